The highest BCUT2D eigenvalue weighted by atomic mass is 32.2. The first kappa shape index (κ1) is 20.0. The molecule has 2 aromatic carbocycles. The van der Waals surface area contributed by atoms with Crippen molar-refractivity contribution in [3.8, 4) is 0 Å². The summed E-state index contributed by atoms with van der Waals surface area (Å²) in [5.41, 5.74) is 1.05. The van der Waals surface area contributed by atoms with E-state index in [0.717, 1.165) is 0 Å². The maximum atomic E-state index is 12.7. The fourth-order valence-corrected chi connectivity index (χ4v) is 4.20. The monoisotopic (exact) mass is 404 g/mol. The van der Waals surface area contributed by atoms with Gasteiger partial charge in [-0.3, -0.25) is 4.79 Å². The van der Waals surface area contributed by atoms with Crippen LogP contribution in [0, 0.1) is 0 Å². The highest BCUT2D eigenvalue weighted by Gasteiger charge is 2.26. The van der Waals surface area contributed by atoms with Gasteiger partial charge in [0.15, 0.2) is 0 Å². The Morgan fingerprint density at radius 2 is 1.71 bits per heavy atom. The molecule has 3 rings (SSSR count). The first-order valence-electron chi connectivity index (χ1n) is 8.59. The summed E-state index contributed by atoms with van der Waals surface area (Å²) in [5, 5.41) is 2.68. The highest BCUT2D eigenvalue weighted by molar-refractivity contribution is 7.89. The van der Waals surface area contributed by atoms with Gasteiger partial charge >= 0.3 is 5.97 Å². The fraction of sp³-hybridized carbons (Fsp3) is 0.263. The molecule has 0 aliphatic carbocycles. The first-order chi connectivity index (χ1) is 13.4. The van der Waals surface area contributed by atoms with E-state index in [1.165, 1.54) is 47.8 Å². The second-order valence-electron chi connectivity index (χ2n) is 6.07. The third-order valence-electron chi connectivity index (χ3n) is 4.27. The molecule has 1 aliphatic heterocycles. The summed E-state index contributed by atoms with van der Waals surface area (Å²) in [4.78, 5) is 24.0. The molecule has 148 valence electrons. The molecule has 8 nitrogen and oxygen atoms in total. The summed E-state index contributed by atoms with van der Waals surface area (Å²) in [6, 6.07) is 12.1. The van der Waals surface area contributed by atoms with Crippen LogP contribution in [0.2, 0.25) is 0 Å². The van der Waals surface area contributed by atoms with Crippen molar-refractivity contribution in [2.75, 3.05) is 38.7 Å². The molecule has 0 saturated carbocycles. The smallest absolute Gasteiger partial charge is 0.337 e. The normalized spacial score (nSPS) is 15.0. The number of nitrogens with zero attached hydrogens (tertiary/aromatic N) is 1. The maximum absolute atomic E-state index is 12.7. The number of amides is 1. The van der Waals surface area contributed by atoms with Crippen molar-refractivity contribution in [1.82, 2.24) is 4.31 Å². The van der Waals surface area contributed by atoms with E-state index in [2.05, 4.69) is 10.1 Å². The number of carbonyl (C=O) groups is 2. The van der Waals surface area contributed by atoms with Crippen molar-refractivity contribution in [2.45, 2.75) is 4.90 Å². The summed E-state index contributed by atoms with van der Waals surface area (Å²) in [6.45, 7) is 1.26. The van der Waals surface area contributed by atoms with Crippen LogP contribution in [0.15, 0.2) is 53.4 Å². The van der Waals surface area contributed by atoms with Crippen molar-refractivity contribution in [3.63, 3.8) is 0 Å². The number of anilines is 1. The molecular weight excluding hydrogens is 384 g/mol. The lowest BCUT2D eigenvalue weighted by Crippen LogP contribution is -2.40. The Hall–Kier alpha value is -2.75. The molecular formula is C19H20N2O6S. The van der Waals surface area contributed by atoms with Gasteiger partial charge in [0.1, 0.15) is 0 Å². The van der Waals surface area contributed by atoms with Gasteiger partial charge in [-0.1, -0.05) is 6.07 Å². The topological polar surface area (TPSA) is 102 Å². The van der Waals surface area contributed by atoms with Gasteiger partial charge in [0.25, 0.3) is 5.91 Å². The van der Waals surface area contributed by atoms with E-state index < -0.39 is 21.9 Å². The molecule has 0 radical (unpaired) electrons. The van der Waals surface area contributed by atoms with E-state index in [-0.39, 0.29) is 23.5 Å². The second-order valence-corrected chi connectivity index (χ2v) is 8.01. The first-order valence-corrected chi connectivity index (χ1v) is 10.0. The van der Waals surface area contributed by atoms with Crippen LogP contribution in [-0.2, 0) is 19.5 Å². The van der Waals surface area contributed by atoms with Gasteiger partial charge in [-0.15, -0.1) is 0 Å². The molecule has 1 aliphatic rings. The average Bonchev–Trinajstić information content (AvgIpc) is 2.74. The zero-order chi connectivity index (χ0) is 20.1. The molecule has 28 heavy (non-hydrogen) atoms. The summed E-state index contributed by atoms with van der Waals surface area (Å²) in [7, 11) is -2.40. The van der Waals surface area contributed by atoms with E-state index in [4.69, 9.17) is 4.74 Å². The molecule has 1 fully saturated rings. The van der Waals surface area contributed by atoms with Crippen LogP contribution < -0.4 is 5.32 Å². The Labute approximate surface area is 163 Å². The molecule has 0 bridgehead atoms. The van der Waals surface area contributed by atoms with Crippen molar-refractivity contribution in [3.05, 3.63) is 59.7 Å². The fourth-order valence-electron chi connectivity index (χ4n) is 2.74. The van der Waals surface area contributed by atoms with Gasteiger partial charge in [0.2, 0.25) is 10.0 Å². The molecule has 0 atom stereocenters. The second kappa shape index (κ2) is 8.51. The lowest BCUT2D eigenvalue weighted by molar-refractivity contribution is 0.0600. The van der Waals surface area contributed by atoms with E-state index in [1.54, 1.807) is 12.1 Å². The zero-order valence-corrected chi connectivity index (χ0v) is 16.1. The lowest BCUT2D eigenvalue weighted by atomic mass is 10.2. The summed E-state index contributed by atoms with van der Waals surface area (Å²) < 4.78 is 36.7. The number of carbonyl (C=O) groups excluding carboxylic acids is 2. The maximum Gasteiger partial charge on any atom is 0.337 e. The van der Waals surface area contributed by atoms with Crippen molar-refractivity contribution >= 4 is 27.6 Å². The minimum Gasteiger partial charge on any atom is -0.465 e. The third kappa shape index (κ3) is 4.38. The number of methoxy groups -OCH3 is 1. The number of morpholine rings is 1. The predicted molar refractivity (Wildman–Crippen MR) is 102 cm³/mol. The third-order valence-corrected chi connectivity index (χ3v) is 6.16. The molecule has 9 heteroatoms. The number of rotatable bonds is 5. The van der Waals surface area contributed by atoms with E-state index in [1.807, 2.05) is 0 Å². The van der Waals surface area contributed by atoms with Crippen LogP contribution in [0.3, 0.4) is 0 Å². The molecule has 0 aromatic heterocycles. The summed E-state index contributed by atoms with van der Waals surface area (Å²) >= 11 is 0. The summed E-state index contributed by atoms with van der Waals surface area (Å²) in [6.07, 6.45) is 0. The number of ether oxygens (including phenoxy) is 2. The summed E-state index contributed by atoms with van der Waals surface area (Å²) in [5.74, 6) is -0.927. The Morgan fingerprint density at radius 3 is 2.36 bits per heavy atom. The van der Waals surface area contributed by atoms with Crippen molar-refractivity contribution in [1.29, 1.82) is 0 Å². The number of nitrogens with one attached hydrogen (secondary N) is 1. The molecule has 0 unspecified atom stereocenters. The molecule has 1 N–H and O–H groups in total. The molecule has 1 heterocycles. The van der Waals surface area contributed by atoms with Crippen LogP contribution in [0.25, 0.3) is 0 Å². The lowest BCUT2D eigenvalue weighted by Gasteiger charge is -2.26. The van der Waals surface area contributed by atoms with Gasteiger partial charge in [-0.2, -0.15) is 4.31 Å². The van der Waals surface area contributed by atoms with Gasteiger partial charge in [0, 0.05) is 24.3 Å². The highest BCUT2D eigenvalue weighted by Crippen LogP contribution is 2.19. The predicted octanol–water partition coefficient (Wildman–Crippen LogP) is 1.75. The number of esters is 1. The van der Waals surface area contributed by atoms with Gasteiger partial charge in [0.05, 0.1) is 30.8 Å². The Kier molecular flexibility index (Phi) is 6.08. The largest absolute Gasteiger partial charge is 0.465 e. The number of benzene rings is 2. The van der Waals surface area contributed by atoms with Crippen LogP contribution in [-0.4, -0.2) is 58.0 Å². The van der Waals surface area contributed by atoms with Gasteiger partial charge in [-0.05, 0) is 42.5 Å². The van der Waals surface area contributed by atoms with Gasteiger partial charge < -0.3 is 14.8 Å². The van der Waals surface area contributed by atoms with Crippen LogP contribution >= 0.6 is 0 Å². The van der Waals surface area contributed by atoms with Crippen LogP contribution in [0.1, 0.15) is 20.7 Å². The average molecular weight is 404 g/mol. The van der Waals surface area contributed by atoms with Gasteiger partial charge in [-0.25, -0.2) is 13.2 Å². The SMILES string of the molecule is COC(=O)c1ccc(NC(=O)c2cccc(S(=O)(=O)N3CCOCC3)c2)cc1. The minimum atomic E-state index is -3.69. The van der Waals surface area contributed by atoms with Crippen molar-refractivity contribution < 1.29 is 27.5 Å². The van der Waals surface area contributed by atoms with Crippen LogP contribution in [0.4, 0.5) is 5.69 Å². The number of sulfonamides is 1. The Bertz CT molecular complexity index is 966. The van der Waals surface area contributed by atoms with E-state index in [0.29, 0.717) is 24.5 Å². The molecule has 1 amide bonds. The minimum absolute atomic E-state index is 0.0584. The standard InChI is InChI=1S/C19H20N2O6S/c1-26-19(23)14-5-7-16(8-6-14)20-18(22)15-3-2-4-17(13-15)28(24,25)21-9-11-27-12-10-21/h2-8,13H,9-12H2,1H3,(H,20,22). The van der Waals surface area contributed by atoms with E-state index in [9.17, 15) is 18.0 Å². The molecule has 0 spiro atoms. The van der Waals surface area contributed by atoms with Crippen molar-refractivity contribution in [2.24, 2.45) is 0 Å². The zero-order valence-electron chi connectivity index (χ0n) is 15.3. The van der Waals surface area contributed by atoms with E-state index >= 15 is 0 Å². The number of hydrogen-bond acceptors (Lipinski definition) is 6. The Balaban J connectivity index is 1.76. The quantitative estimate of drug-likeness (QED) is 0.762. The Morgan fingerprint density at radius 1 is 1.04 bits per heavy atom. The molecule has 2 aromatic rings. The molecule has 1 saturated heterocycles. The number of hydrogen-bond donors (Lipinski definition) is 1. The van der Waals surface area contributed by atoms with Crippen LogP contribution in [0.5, 0.6) is 0 Å².